The van der Waals surface area contributed by atoms with E-state index in [9.17, 15) is 24.3 Å². The second-order valence-electron chi connectivity index (χ2n) is 11.8. The van der Waals surface area contributed by atoms with E-state index >= 15 is 0 Å². The Bertz CT molecular complexity index is 1590. The van der Waals surface area contributed by atoms with Crippen LogP contribution in [0.25, 0.3) is 10.2 Å². The van der Waals surface area contributed by atoms with Crippen molar-refractivity contribution in [3.05, 3.63) is 101 Å². The van der Waals surface area contributed by atoms with Gasteiger partial charge in [-0.3, -0.25) is 14.4 Å². The molecule has 0 bridgehead atoms. The number of hydrogen-bond acceptors (Lipinski definition) is 6. The van der Waals surface area contributed by atoms with Crippen LogP contribution in [0.3, 0.4) is 0 Å². The number of thiazole rings is 1. The second-order valence-corrected chi connectivity index (χ2v) is 12.8. The topological polar surface area (TPSA) is 120 Å². The number of Topliss-reactive ketones (excluding diaryl/α,β-unsaturated/α-hetero) is 1. The van der Waals surface area contributed by atoms with Crippen LogP contribution in [-0.4, -0.2) is 69.3 Å². The fourth-order valence-electron chi connectivity index (χ4n) is 5.85. The number of carbonyl (C=O) groups excluding carboxylic acids is 3. The lowest BCUT2D eigenvalue weighted by Crippen LogP contribution is -2.49. The van der Waals surface area contributed by atoms with Crippen molar-refractivity contribution >= 4 is 45.2 Å². The van der Waals surface area contributed by atoms with E-state index in [1.165, 1.54) is 16.2 Å². The summed E-state index contributed by atoms with van der Waals surface area (Å²) in [5, 5.41) is 13.1. The molecule has 1 fully saturated rings. The Morgan fingerprint density at radius 3 is 2.35 bits per heavy atom. The summed E-state index contributed by atoms with van der Waals surface area (Å²) in [6.45, 7) is 1.54. The van der Waals surface area contributed by atoms with Gasteiger partial charge in [0.05, 0.1) is 22.2 Å². The molecule has 1 aliphatic rings. The van der Waals surface area contributed by atoms with E-state index in [1.54, 1.807) is 4.90 Å². The van der Waals surface area contributed by atoms with Gasteiger partial charge in [0.15, 0.2) is 5.01 Å². The van der Waals surface area contributed by atoms with Gasteiger partial charge in [0.1, 0.15) is 0 Å². The molecule has 2 N–H and O–H groups in total. The summed E-state index contributed by atoms with van der Waals surface area (Å²) < 4.78 is 0.894. The summed E-state index contributed by atoms with van der Waals surface area (Å²) in [5.41, 5.74) is 2.74. The third-order valence-corrected chi connectivity index (χ3v) is 9.46. The monoisotopic (exact) mass is 640 g/mol. The molecule has 0 aliphatic carbocycles. The van der Waals surface area contributed by atoms with Crippen molar-refractivity contribution in [1.82, 2.24) is 20.1 Å². The maximum absolute atomic E-state index is 13.8. The Hall–Kier alpha value is -4.57. The summed E-state index contributed by atoms with van der Waals surface area (Å²) in [6.07, 6.45) is 2.82. The number of aromatic nitrogens is 1. The lowest BCUT2D eigenvalue weighted by atomic mass is 9.95. The first-order valence-electron chi connectivity index (χ1n) is 15.9. The van der Waals surface area contributed by atoms with E-state index in [0.29, 0.717) is 63.2 Å². The van der Waals surface area contributed by atoms with Gasteiger partial charge in [0, 0.05) is 32.6 Å². The van der Waals surface area contributed by atoms with Crippen LogP contribution < -0.4 is 5.32 Å². The quantitative estimate of drug-likeness (QED) is 0.125. The number of carbonyl (C=O) groups is 4. The number of unbranched alkanes of at least 4 members (excludes halogenated alkanes) is 1. The Labute approximate surface area is 273 Å². The van der Waals surface area contributed by atoms with Gasteiger partial charge in [-0.15, -0.1) is 11.3 Å². The van der Waals surface area contributed by atoms with Crippen LogP contribution in [-0.2, 0) is 22.6 Å². The van der Waals surface area contributed by atoms with Gasteiger partial charge in [-0.1, -0.05) is 72.8 Å². The molecule has 10 heteroatoms. The molecule has 0 spiro atoms. The third-order valence-electron chi connectivity index (χ3n) is 8.41. The third kappa shape index (κ3) is 9.00. The number of benzene rings is 3. The van der Waals surface area contributed by atoms with E-state index in [0.717, 1.165) is 27.8 Å². The summed E-state index contributed by atoms with van der Waals surface area (Å²) in [6, 6.07) is 26.0. The van der Waals surface area contributed by atoms with Gasteiger partial charge in [-0.25, -0.2) is 9.78 Å². The largest absolute Gasteiger partial charge is 0.465 e. The highest BCUT2D eigenvalue weighted by molar-refractivity contribution is 7.20. The van der Waals surface area contributed by atoms with Crippen LogP contribution in [0.2, 0.25) is 0 Å². The molecule has 9 nitrogen and oxygen atoms in total. The number of carboxylic acid groups (broad SMARTS) is 1. The van der Waals surface area contributed by atoms with Gasteiger partial charge < -0.3 is 20.2 Å². The fourth-order valence-corrected chi connectivity index (χ4v) is 6.81. The van der Waals surface area contributed by atoms with E-state index in [4.69, 9.17) is 0 Å². The van der Waals surface area contributed by atoms with Crippen molar-refractivity contribution in [2.45, 2.75) is 57.5 Å². The predicted octanol–water partition coefficient (Wildman–Crippen LogP) is 6.19. The van der Waals surface area contributed by atoms with Crippen LogP contribution >= 0.6 is 11.3 Å². The molecule has 0 saturated carbocycles. The standard InChI is InChI=1S/C36H40N4O5S/c41-32(21-20-26-12-3-1-4-13-26)39-23-11-16-28(25-39)34(43)37-30(33(42)35-38-29-17-7-8-19-31(29)46-35)18-9-10-22-40(36(44)45)24-27-14-5-2-6-15-27/h1-8,12-15,17,19,28,30H,9-11,16,18,20-25H2,(H,37,43)(H,44,45)/t28-,30-/m0/s1. The van der Waals surface area contributed by atoms with Crippen molar-refractivity contribution in [3.63, 3.8) is 0 Å². The molecule has 2 atom stereocenters. The van der Waals surface area contributed by atoms with Gasteiger partial charge in [0.25, 0.3) is 0 Å². The van der Waals surface area contributed by atoms with E-state index in [1.807, 2.05) is 84.9 Å². The molecule has 0 unspecified atom stereocenters. The van der Waals surface area contributed by atoms with Gasteiger partial charge in [-0.2, -0.15) is 0 Å². The number of aryl methyl sites for hydroxylation is 1. The van der Waals surface area contributed by atoms with Gasteiger partial charge in [0.2, 0.25) is 17.6 Å². The van der Waals surface area contributed by atoms with Crippen LogP contribution in [0.5, 0.6) is 0 Å². The molecule has 5 rings (SSSR count). The summed E-state index contributed by atoms with van der Waals surface area (Å²) in [5.74, 6) is -0.868. The van der Waals surface area contributed by atoms with Crippen molar-refractivity contribution in [3.8, 4) is 0 Å². The number of nitrogens with one attached hydrogen (secondary N) is 1. The predicted molar refractivity (Wildman–Crippen MR) is 179 cm³/mol. The van der Waals surface area contributed by atoms with E-state index in [-0.39, 0.29) is 24.1 Å². The zero-order chi connectivity index (χ0) is 32.3. The SMILES string of the molecule is O=C(N[C@@H](CCCCN(Cc1ccccc1)C(=O)O)C(=O)c1nc2ccccc2s1)[C@H]1CCCN(C(=O)CCc2ccccc2)C1. The summed E-state index contributed by atoms with van der Waals surface area (Å²) in [4.78, 5) is 60.0. The highest BCUT2D eigenvalue weighted by atomic mass is 32.1. The number of hydrogen-bond donors (Lipinski definition) is 2. The lowest BCUT2D eigenvalue weighted by Gasteiger charge is -2.33. The number of nitrogens with zero attached hydrogens (tertiary/aromatic N) is 3. The van der Waals surface area contributed by atoms with Crippen molar-refractivity contribution in [2.24, 2.45) is 5.92 Å². The molecule has 0 radical (unpaired) electrons. The van der Waals surface area contributed by atoms with Crippen LogP contribution in [0.4, 0.5) is 4.79 Å². The minimum Gasteiger partial charge on any atom is -0.465 e. The van der Waals surface area contributed by atoms with Crippen molar-refractivity contribution < 1.29 is 24.3 Å². The first-order chi connectivity index (χ1) is 22.4. The van der Waals surface area contributed by atoms with E-state index < -0.39 is 18.1 Å². The number of rotatable bonds is 14. The minimum atomic E-state index is -1.00. The molecule has 46 heavy (non-hydrogen) atoms. The number of ketones is 1. The first kappa shape index (κ1) is 32.8. The smallest absolute Gasteiger partial charge is 0.407 e. The maximum atomic E-state index is 13.8. The Balaban J connectivity index is 1.21. The molecular weight excluding hydrogens is 600 g/mol. The molecule has 1 saturated heterocycles. The van der Waals surface area contributed by atoms with Gasteiger partial charge in [-0.05, 0) is 61.8 Å². The molecule has 240 valence electrons. The van der Waals surface area contributed by atoms with Crippen molar-refractivity contribution in [1.29, 1.82) is 0 Å². The molecule has 3 aromatic carbocycles. The second kappa shape index (κ2) is 16.1. The number of likely N-dealkylation sites (tertiary alicyclic amines) is 1. The number of para-hydroxylation sites is 1. The Morgan fingerprint density at radius 2 is 1.63 bits per heavy atom. The Kier molecular flexibility index (Phi) is 11.5. The molecular formula is C36H40N4O5S. The minimum absolute atomic E-state index is 0.0296. The molecule has 1 aliphatic heterocycles. The van der Waals surface area contributed by atoms with Crippen LogP contribution in [0.1, 0.15) is 59.5 Å². The van der Waals surface area contributed by atoms with Crippen molar-refractivity contribution in [2.75, 3.05) is 19.6 Å². The van der Waals surface area contributed by atoms with Gasteiger partial charge >= 0.3 is 6.09 Å². The molecule has 4 aromatic rings. The fraction of sp³-hybridized carbons (Fsp3) is 0.361. The normalized spacial score (nSPS) is 15.3. The molecule has 3 amide bonds. The average molecular weight is 641 g/mol. The maximum Gasteiger partial charge on any atom is 0.407 e. The average Bonchev–Trinajstić information content (AvgIpc) is 3.53. The number of fused-ring (bicyclic) bond motifs is 1. The molecule has 2 heterocycles. The van der Waals surface area contributed by atoms with Crippen LogP contribution in [0.15, 0.2) is 84.9 Å². The van der Waals surface area contributed by atoms with E-state index in [2.05, 4.69) is 10.3 Å². The summed E-state index contributed by atoms with van der Waals surface area (Å²) >= 11 is 1.30. The Morgan fingerprint density at radius 1 is 0.935 bits per heavy atom. The zero-order valence-corrected chi connectivity index (χ0v) is 26.7. The highest BCUT2D eigenvalue weighted by Gasteiger charge is 2.32. The zero-order valence-electron chi connectivity index (χ0n) is 25.8. The van der Waals surface area contributed by atoms with Crippen LogP contribution in [0, 0.1) is 5.92 Å². The first-order valence-corrected chi connectivity index (χ1v) is 16.7. The number of piperidine rings is 1. The molecule has 1 aromatic heterocycles. The lowest BCUT2D eigenvalue weighted by molar-refractivity contribution is -0.135. The number of amides is 3. The summed E-state index contributed by atoms with van der Waals surface area (Å²) in [7, 11) is 0. The highest BCUT2D eigenvalue weighted by Crippen LogP contribution is 2.24.